The molecule has 59 heavy (non-hydrogen) atoms. The second-order valence-corrected chi connectivity index (χ2v) is 38.0. The Morgan fingerprint density at radius 3 is 0.610 bits per heavy atom. The van der Waals surface area contributed by atoms with Gasteiger partial charge in [-0.1, -0.05) is 345 Å². The Hall–Kier alpha value is 7.91. The molecule has 356 valence electrons. The van der Waals surface area contributed by atoms with Crippen LogP contribution in [0.5, 0.6) is 0 Å². The highest BCUT2D eigenvalue weighted by Crippen LogP contribution is 2.79. The zero-order chi connectivity index (χ0) is 47.7. The van der Waals surface area contributed by atoms with E-state index in [1.54, 1.807) is 41.5 Å². The maximum absolute atomic E-state index is 17.4. The average molecular weight is 1680 g/mol. The van der Waals surface area contributed by atoms with Crippen molar-refractivity contribution in [3.8, 4) is 0 Å². The van der Waals surface area contributed by atoms with Crippen molar-refractivity contribution in [1.29, 1.82) is 0 Å². The van der Waals surface area contributed by atoms with Crippen LogP contribution >= 0.6 is 290 Å². The highest BCUT2D eigenvalue weighted by atomic mass is 79.9. The summed E-state index contributed by atoms with van der Waals surface area (Å²) in [6.07, 6.45) is 0.193. The molecule has 0 amide bonds. The van der Waals surface area contributed by atoms with Crippen LogP contribution < -0.4 is 0 Å². The van der Waals surface area contributed by atoms with E-state index in [4.69, 9.17) is 153 Å². The van der Waals surface area contributed by atoms with Crippen molar-refractivity contribution in [2.45, 2.75) is 187 Å². The van der Waals surface area contributed by atoms with E-state index in [0.29, 0.717) is 19.3 Å². The Kier molecular flexibility index (Phi) is 27.6. The predicted molar refractivity (Wildman–Crippen MR) is 298 cm³/mol. The molecule has 0 aliphatic rings. The summed E-state index contributed by atoms with van der Waals surface area (Å²) in [4.78, 5) is -2.13. The minimum absolute atomic E-state index is 0.141. The molecule has 4 nitrogen and oxygen atoms in total. The van der Waals surface area contributed by atoms with Crippen LogP contribution in [0.15, 0.2) is 0 Å². The van der Waals surface area contributed by atoms with E-state index in [9.17, 15) is 0 Å². The fourth-order valence-electron chi connectivity index (χ4n) is 6.33. The molecule has 0 rings (SSSR count). The highest BCUT2D eigenvalue weighted by Gasteiger charge is 2.82. The van der Waals surface area contributed by atoms with Crippen molar-refractivity contribution in [2.24, 2.45) is 0 Å². The lowest BCUT2D eigenvalue weighted by Crippen LogP contribution is -2.74. The fourth-order valence-corrected chi connectivity index (χ4v) is 25.2. The van der Waals surface area contributed by atoms with Crippen LogP contribution in [-0.4, -0.2) is 67.0 Å². The molecular formula is C33H48Br9Cl12O4P. The second kappa shape index (κ2) is 24.3. The topological polar surface area (TPSA) is 44.8 Å². The number of alkyl halides is 21. The molecule has 0 aromatic heterocycles. The number of halogens is 21. The van der Waals surface area contributed by atoms with Crippen molar-refractivity contribution in [1.82, 2.24) is 0 Å². The first-order valence-corrected chi connectivity index (χ1v) is 31.7. The molecule has 3 atom stereocenters. The smallest absolute Gasteiger partial charge is 0.271 e. The van der Waals surface area contributed by atoms with Gasteiger partial charge in [-0.15, -0.1) is 0 Å². The third kappa shape index (κ3) is 12.1. The van der Waals surface area contributed by atoms with E-state index in [-0.39, 0.29) is 38.5 Å². The zero-order valence-electron chi connectivity index (χ0n) is 33.1. The highest BCUT2D eigenvalue weighted by molar-refractivity contribution is 9.27. The van der Waals surface area contributed by atoms with Gasteiger partial charge in [-0.25, -0.2) is 4.57 Å². The van der Waals surface area contributed by atoms with Crippen molar-refractivity contribution >= 4 is 290 Å². The van der Waals surface area contributed by atoms with Gasteiger partial charge in [0.2, 0.25) is 0 Å². The molecule has 0 aromatic rings. The van der Waals surface area contributed by atoms with Gasteiger partial charge in [-0.2, -0.15) is 0 Å². The van der Waals surface area contributed by atoms with E-state index in [2.05, 4.69) is 143 Å². The third-order valence-electron chi connectivity index (χ3n) is 10.2. The van der Waals surface area contributed by atoms with E-state index in [0.717, 1.165) is 0 Å². The van der Waals surface area contributed by atoms with E-state index < -0.39 is 74.8 Å². The largest absolute Gasteiger partial charge is 0.477 e. The quantitative estimate of drug-likeness (QED) is 0.0607. The van der Waals surface area contributed by atoms with Crippen molar-refractivity contribution in [3.63, 3.8) is 0 Å². The molecule has 26 heteroatoms. The lowest BCUT2D eigenvalue weighted by Gasteiger charge is -2.62. The number of rotatable bonds is 27. The van der Waals surface area contributed by atoms with Crippen LogP contribution in [0, 0.1) is 0 Å². The first-order valence-electron chi connectivity index (χ1n) is 18.2. The number of hydrogen-bond donors (Lipinski definition) is 0. The third-order valence-corrected chi connectivity index (χ3v) is 32.4. The molecule has 0 spiro atoms. The van der Waals surface area contributed by atoms with Gasteiger partial charge in [0.1, 0.15) is 9.70 Å². The monoisotopic (exact) mass is 1670 g/mol. The number of phosphoric ester groups is 1. The van der Waals surface area contributed by atoms with Crippen LogP contribution in [0.3, 0.4) is 0 Å². The van der Waals surface area contributed by atoms with Crippen LogP contribution in [0.1, 0.15) is 120 Å². The summed E-state index contributed by atoms with van der Waals surface area (Å²) < 4.78 is 20.1. The maximum atomic E-state index is 17.4. The summed E-state index contributed by atoms with van der Waals surface area (Å²) in [6, 6.07) is 0. The molecule has 0 aliphatic heterocycles. The maximum Gasteiger partial charge on any atom is 0.477 e. The lowest BCUT2D eigenvalue weighted by atomic mass is 9.85. The summed E-state index contributed by atoms with van der Waals surface area (Å²) in [5, 5.41) is 0. The Morgan fingerprint density at radius 2 is 0.508 bits per heavy atom. The fraction of sp³-hybridized carbons (Fsp3) is 1.00. The molecule has 0 bridgehead atoms. The second-order valence-electron chi connectivity index (χ2n) is 13.6. The summed E-state index contributed by atoms with van der Waals surface area (Å²) >= 11 is 123. The summed E-state index contributed by atoms with van der Waals surface area (Å²) in [5.41, 5.74) is -7.62. The van der Waals surface area contributed by atoms with Gasteiger partial charge in [-0.05, 0) is 57.8 Å². The van der Waals surface area contributed by atoms with Gasteiger partial charge in [0.15, 0.2) is 42.8 Å². The zero-order valence-corrected chi connectivity index (χ0v) is 57.4. The predicted octanol–water partition coefficient (Wildman–Crippen LogP) is 21.8. The Morgan fingerprint density at radius 1 is 0.373 bits per heavy atom. The van der Waals surface area contributed by atoms with E-state index in [1.807, 2.05) is 20.8 Å². The Bertz CT molecular complexity index is 1220. The summed E-state index contributed by atoms with van der Waals surface area (Å²) in [5.74, 6) is 0. The van der Waals surface area contributed by atoms with E-state index >= 15 is 4.57 Å². The molecule has 0 N–H and O–H groups in total. The SMILES string of the molecule is CCC(Br)C(Br)(Br)C(OP(=O)(OC(C(Cl)(Cl)CC)(C(Cl)(Cl)CC)C(Br)(Br)C(Br)CC)OC(C(Cl)(Cl)CC)(C(Cl)(Cl)CC)C(Br)(Br)C(Br)CC)(C(Cl)(Cl)CC)C(Cl)(Cl)CC. The van der Waals surface area contributed by atoms with Gasteiger partial charge in [-0.3, -0.25) is 13.6 Å². The average Bonchev–Trinajstić information content (AvgIpc) is 3.15. The summed E-state index contributed by atoms with van der Waals surface area (Å²) in [7, 11) is -5.94. The standard InChI is InChI=1S/C33H48Br9Cl12O4P/c1-10-19(34)28(37,38)31(22(43,44)13-4,23(45,46)14-5)56-59(55,57-32(24(47,48)15-6,25(49,50)16-7)29(39,40)20(35)11-2)58-33(26(51,52)17-8,27(53,54)18-9)30(41,42)21(36)12-3/h19-21H,10-18H2,1-9H3. The molecule has 0 aromatic carbocycles. The van der Waals surface area contributed by atoms with Gasteiger partial charge in [0.05, 0.1) is 0 Å². The van der Waals surface area contributed by atoms with Crippen LogP contribution in [-0.2, 0) is 18.1 Å². The molecule has 0 radical (unpaired) electrons. The molecule has 3 unspecified atom stereocenters. The van der Waals surface area contributed by atoms with Crippen LogP contribution in [0.2, 0.25) is 0 Å². The van der Waals surface area contributed by atoms with Crippen LogP contribution in [0.25, 0.3) is 0 Å². The Labute approximate surface area is 488 Å². The van der Waals surface area contributed by atoms with Gasteiger partial charge < -0.3 is 0 Å². The van der Waals surface area contributed by atoms with Gasteiger partial charge in [0, 0.05) is 14.5 Å². The first kappa shape index (κ1) is 66.9. The molecule has 0 heterocycles. The minimum Gasteiger partial charge on any atom is -0.271 e. The minimum atomic E-state index is -5.94. The molecule has 0 saturated carbocycles. The van der Waals surface area contributed by atoms with Gasteiger partial charge >= 0.3 is 7.82 Å². The molecular weight excluding hydrogens is 1640 g/mol. The number of hydrogen-bond acceptors (Lipinski definition) is 4. The first-order chi connectivity index (χ1) is 26.2. The number of phosphoric acid groups is 1. The van der Waals surface area contributed by atoms with Crippen LogP contribution in [0.4, 0.5) is 0 Å². The van der Waals surface area contributed by atoms with E-state index in [1.165, 1.54) is 0 Å². The lowest BCUT2D eigenvalue weighted by molar-refractivity contribution is -0.0998. The summed E-state index contributed by atoms with van der Waals surface area (Å²) in [6.45, 7) is 15.4. The normalized spacial score (nSPS) is 18.1. The van der Waals surface area contributed by atoms with Crippen molar-refractivity contribution in [3.05, 3.63) is 0 Å². The molecule has 0 fully saturated rings. The molecule has 0 saturated heterocycles. The van der Waals surface area contributed by atoms with Gasteiger partial charge in [0.25, 0.3) is 0 Å². The van der Waals surface area contributed by atoms with Crippen molar-refractivity contribution < 1.29 is 18.1 Å². The van der Waals surface area contributed by atoms with Crippen molar-refractivity contribution in [2.75, 3.05) is 0 Å². The molecule has 0 aliphatic carbocycles. The Balaban J connectivity index is 10.2.